The summed E-state index contributed by atoms with van der Waals surface area (Å²) in [6, 6.07) is 3.06. The van der Waals surface area contributed by atoms with Gasteiger partial charge in [-0.1, -0.05) is 0 Å². The van der Waals surface area contributed by atoms with Crippen LogP contribution in [-0.4, -0.2) is 45.9 Å². The van der Waals surface area contributed by atoms with Crippen LogP contribution in [0.15, 0.2) is 30.6 Å². The number of pyridine rings is 1. The summed E-state index contributed by atoms with van der Waals surface area (Å²) in [7, 11) is 3.12. The van der Waals surface area contributed by atoms with E-state index in [1.165, 1.54) is 29.4 Å². The Bertz CT molecular complexity index is 719. The number of rotatable bonds is 4. The van der Waals surface area contributed by atoms with Crippen LogP contribution in [0.5, 0.6) is 0 Å². The molecular formula is C15H16F3N5O. The zero-order valence-corrected chi connectivity index (χ0v) is 13.3. The van der Waals surface area contributed by atoms with Crippen LogP contribution in [0.25, 0.3) is 11.4 Å². The Morgan fingerprint density at radius 1 is 1.21 bits per heavy atom. The van der Waals surface area contributed by atoms with Crippen LogP contribution in [0.3, 0.4) is 0 Å². The van der Waals surface area contributed by atoms with Crippen LogP contribution in [0.2, 0.25) is 0 Å². The van der Waals surface area contributed by atoms with Gasteiger partial charge in [0.2, 0.25) is 5.91 Å². The molecule has 2 rings (SSSR count). The highest BCUT2D eigenvalue weighted by Crippen LogP contribution is 2.30. The number of amides is 1. The van der Waals surface area contributed by atoms with E-state index in [0.29, 0.717) is 5.56 Å². The second kappa shape index (κ2) is 6.81. The third-order valence-corrected chi connectivity index (χ3v) is 3.13. The molecule has 0 aliphatic carbocycles. The number of nitrogens with one attached hydrogen (secondary N) is 1. The molecule has 2 heterocycles. The maximum Gasteiger partial charge on any atom is 0.433 e. The number of aromatic nitrogens is 3. The molecule has 0 fully saturated rings. The van der Waals surface area contributed by atoms with E-state index in [-0.39, 0.29) is 17.5 Å². The van der Waals surface area contributed by atoms with Crippen molar-refractivity contribution >= 4 is 11.7 Å². The quantitative estimate of drug-likeness (QED) is 0.926. The highest BCUT2D eigenvalue weighted by molar-refractivity contribution is 5.83. The molecule has 128 valence electrons. The monoisotopic (exact) mass is 339 g/mol. The van der Waals surface area contributed by atoms with Gasteiger partial charge in [0.1, 0.15) is 11.9 Å². The number of carbonyl (C=O) groups is 1. The van der Waals surface area contributed by atoms with Crippen LogP contribution < -0.4 is 5.32 Å². The lowest BCUT2D eigenvalue weighted by Crippen LogP contribution is -2.37. The van der Waals surface area contributed by atoms with Gasteiger partial charge in [-0.05, 0) is 19.1 Å². The second-order valence-corrected chi connectivity index (χ2v) is 5.29. The minimum atomic E-state index is -4.63. The summed E-state index contributed by atoms with van der Waals surface area (Å²) in [5.74, 6) is -0.460. The smallest absolute Gasteiger partial charge is 0.358 e. The number of hydrogen-bond acceptors (Lipinski definition) is 5. The predicted molar refractivity (Wildman–Crippen MR) is 82.0 cm³/mol. The van der Waals surface area contributed by atoms with Gasteiger partial charge in [-0.2, -0.15) is 13.2 Å². The number of alkyl halides is 3. The van der Waals surface area contributed by atoms with E-state index in [2.05, 4.69) is 20.3 Å². The van der Waals surface area contributed by atoms with E-state index in [9.17, 15) is 18.0 Å². The lowest BCUT2D eigenvalue weighted by atomic mass is 10.2. The van der Waals surface area contributed by atoms with Gasteiger partial charge in [0.05, 0.1) is 0 Å². The summed E-state index contributed by atoms with van der Waals surface area (Å²) in [6.45, 7) is 1.55. The zero-order valence-electron chi connectivity index (χ0n) is 13.3. The Balaban J connectivity index is 2.42. The fraction of sp³-hybridized carbons (Fsp3) is 0.333. The van der Waals surface area contributed by atoms with Crippen molar-refractivity contribution in [2.24, 2.45) is 0 Å². The van der Waals surface area contributed by atoms with Crippen molar-refractivity contribution in [1.82, 2.24) is 19.9 Å². The van der Waals surface area contributed by atoms with Gasteiger partial charge < -0.3 is 10.2 Å². The lowest BCUT2D eigenvalue weighted by molar-refractivity contribution is -0.141. The molecule has 0 saturated carbocycles. The molecule has 0 bridgehead atoms. The van der Waals surface area contributed by atoms with Gasteiger partial charge in [-0.25, -0.2) is 9.97 Å². The van der Waals surface area contributed by atoms with Gasteiger partial charge in [0.25, 0.3) is 0 Å². The molecule has 1 N–H and O–H groups in total. The minimum Gasteiger partial charge on any atom is -0.358 e. The van der Waals surface area contributed by atoms with Gasteiger partial charge >= 0.3 is 6.18 Å². The lowest BCUT2D eigenvalue weighted by Gasteiger charge is -2.19. The number of nitrogens with zero attached hydrogens (tertiary/aromatic N) is 4. The van der Waals surface area contributed by atoms with Crippen molar-refractivity contribution in [3.63, 3.8) is 0 Å². The molecule has 24 heavy (non-hydrogen) atoms. The largest absolute Gasteiger partial charge is 0.433 e. The van der Waals surface area contributed by atoms with E-state index >= 15 is 0 Å². The van der Waals surface area contributed by atoms with Crippen LogP contribution >= 0.6 is 0 Å². The Labute approximate surface area is 136 Å². The summed E-state index contributed by atoms with van der Waals surface area (Å²) in [6.07, 6.45) is -1.76. The minimum absolute atomic E-state index is 0.0770. The fourth-order valence-corrected chi connectivity index (χ4v) is 1.97. The van der Waals surface area contributed by atoms with Gasteiger partial charge in [-0.3, -0.25) is 9.78 Å². The first kappa shape index (κ1) is 17.6. The number of hydrogen-bond donors (Lipinski definition) is 1. The SMILES string of the molecule is C[C@@H](Nc1cc(C(F)(F)F)nc(-c2ccncc2)n1)C(=O)N(C)C. The highest BCUT2D eigenvalue weighted by atomic mass is 19.4. The average Bonchev–Trinajstić information content (AvgIpc) is 2.53. The molecule has 2 aromatic rings. The number of halogens is 3. The second-order valence-electron chi connectivity index (χ2n) is 5.29. The van der Waals surface area contributed by atoms with E-state index in [1.807, 2.05) is 0 Å². The van der Waals surface area contributed by atoms with Crippen LogP contribution in [0, 0.1) is 0 Å². The summed E-state index contributed by atoms with van der Waals surface area (Å²) >= 11 is 0. The molecule has 0 spiro atoms. The molecule has 0 saturated heterocycles. The van der Waals surface area contributed by atoms with Crippen molar-refractivity contribution in [2.75, 3.05) is 19.4 Å². The van der Waals surface area contributed by atoms with Crippen molar-refractivity contribution in [1.29, 1.82) is 0 Å². The predicted octanol–water partition coefficient (Wildman–Crippen LogP) is 2.45. The molecule has 6 nitrogen and oxygen atoms in total. The topological polar surface area (TPSA) is 71.0 Å². The fourth-order valence-electron chi connectivity index (χ4n) is 1.97. The Morgan fingerprint density at radius 3 is 2.38 bits per heavy atom. The van der Waals surface area contributed by atoms with Crippen LogP contribution in [0.1, 0.15) is 12.6 Å². The summed E-state index contributed by atoms with van der Waals surface area (Å²) in [5.41, 5.74) is -0.693. The summed E-state index contributed by atoms with van der Waals surface area (Å²) < 4.78 is 39.2. The first-order chi connectivity index (χ1) is 11.2. The van der Waals surface area contributed by atoms with E-state index in [0.717, 1.165) is 6.07 Å². The number of likely N-dealkylation sites (N-methyl/N-ethyl adjacent to an activating group) is 1. The number of anilines is 1. The molecule has 0 unspecified atom stereocenters. The first-order valence-electron chi connectivity index (χ1n) is 7.03. The van der Waals surface area contributed by atoms with Crippen LogP contribution in [0.4, 0.5) is 19.0 Å². The van der Waals surface area contributed by atoms with E-state index in [4.69, 9.17) is 0 Å². The molecule has 2 aromatic heterocycles. The van der Waals surface area contributed by atoms with Crippen molar-refractivity contribution < 1.29 is 18.0 Å². The zero-order chi connectivity index (χ0) is 17.9. The molecule has 9 heteroatoms. The third-order valence-electron chi connectivity index (χ3n) is 3.13. The highest BCUT2D eigenvalue weighted by Gasteiger charge is 2.34. The molecule has 0 aliphatic heterocycles. The molecule has 0 aliphatic rings. The van der Waals surface area contributed by atoms with Gasteiger partial charge in [0.15, 0.2) is 11.5 Å². The van der Waals surface area contributed by atoms with E-state index in [1.54, 1.807) is 21.0 Å². The molecular weight excluding hydrogens is 323 g/mol. The Kier molecular flexibility index (Phi) is 5.01. The summed E-state index contributed by atoms with van der Waals surface area (Å²) in [5, 5.41) is 2.69. The number of carbonyl (C=O) groups excluding carboxylic acids is 1. The Morgan fingerprint density at radius 2 is 1.83 bits per heavy atom. The van der Waals surface area contributed by atoms with Gasteiger partial charge in [0, 0.05) is 38.1 Å². The van der Waals surface area contributed by atoms with Crippen molar-refractivity contribution in [3.8, 4) is 11.4 Å². The Hall–Kier alpha value is -2.71. The summed E-state index contributed by atoms with van der Waals surface area (Å²) in [4.78, 5) is 24.7. The standard InChI is InChI=1S/C15H16F3N5O/c1-9(14(24)23(2)3)20-12-8-11(15(16,17)18)21-13(22-12)10-4-6-19-7-5-10/h4-9H,1-3H3,(H,20,21,22)/t9-/m1/s1. The maximum atomic E-state index is 13.1. The molecule has 1 amide bonds. The van der Waals surface area contributed by atoms with Gasteiger partial charge in [-0.15, -0.1) is 0 Å². The normalized spacial score (nSPS) is 12.6. The maximum absolute atomic E-state index is 13.1. The average molecular weight is 339 g/mol. The third kappa shape index (κ3) is 4.18. The molecule has 1 atom stereocenters. The first-order valence-corrected chi connectivity index (χ1v) is 7.03. The molecule has 0 aromatic carbocycles. The van der Waals surface area contributed by atoms with Crippen molar-refractivity contribution in [3.05, 3.63) is 36.3 Å². The molecule has 0 radical (unpaired) electrons. The van der Waals surface area contributed by atoms with E-state index < -0.39 is 17.9 Å². The van der Waals surface area contributed by atoms with Crippen LogP contribution in [-0.2, 0) is 11.0 Å². The van der Waals surface area contributed by atoms with Crippen molar-refractivity contribution in [2.45, 2.75) is 19.1 Å².